The van der Waals surface area contributed by atoms with Crippen LogP contribution in [0.5, 0.6) is 0 Å². The Labute approximate surface area is 65.8 Å². The van der Waals surface area contributed by atoms with Gasteiger partial charge in [-0.3, -0.25) is 0 Å². The Morgan fingerprint density at radius 3 is 2.00 bits per heavy atom. The van der Waals surface area contributed by atoms with E-state index in [1.54, 1.807) is 0 Å². The van der Waals surface area contributed by atoms with Gasteiger partial charge in [0.05, 0.1) is 0 Å². The highest BCUT2D eigenvalue weighted by molar-refractivity contribution is 7.86. The minimum Gasteiger partial charge on any atom is -0.445 e. The van der Waals surface area contributed by atoms with Crippen LogP contribution in [0.2, 0.25) is 0 Å². The van der Waals surface area contributed by atoms with E-state index >= 15 is 0 Å². The molecule has 3 nitrogen and oxygen atoms in total. The molecule has 1 atom stereocenters. The summed E-state index contributed by atoms with van der Waals surface area (Å²) in [4.78, 5) is 0. The zero-order valence-electron chi connectivity index (χ0n) is 5.72. The maximum Gasteiger partial charge on any atom is 0.342 e. The number of hydrogen-bond donors (Lipinski definition) is 0. The molecule has 0 rings (SSSR count). The van der Waals surface area contributed by atoms with Gasteiger partial charge in [0.2, 0.25) is 5.44 Å². The van der Waals surface area contributed by atoms with Crippen LogP contribution in [0, 0.1) is 0 Å². The summed E-state index contributed by atoms with van der Waals surface area (Å²) in [6.07, 6.45) is -2.84. The molecule has 0 radical (unpaired) electrons. The molecule has 72 valence electrons. The van der Waals surface area contributed by atoms with Gasteiger partial charge in [-0.2, -0.15) is 21.6 Å². The average molecular weight is 208 g/mol. The van der Waals surface area contributed by atoms with Crippen LogP contribution in [0.4, 0.5) is 17.1 Å². The third kappa shape index (κ3) is 3.56. The molecule has 1 unspecified atom stereocenters. The number of ether oxygens (including phenoxy) is 1. The summed E-state index contributed by atoms with van der Waals surface area (Å²) >= 11 is 0. The minimum atomic E-state index is -5.16. The number of rotatable bonds is 3. The lowest BCUT2D eigenvalue weighted by molar-refractivity contribution is 0.103. The molecular formula is C4H4F4O3S. The molecule has 0 saturated carbocycles. The normalized spacial score (nSPS) is 13.8. The SMILES string of the molecule is CC(OC(F)=C(F)F)S(=O)(=O)F. The molecule has 0 fully saturated rings. The smallest absolute Gasteiger partial charge is 0.342 e. The molecule has 0 N–H and O–H groups in total. The van der Waals surface area contributed by atoms with E-state index in [4.69, 9.17) is 0 Å². The van der Waals surface area contributed by atoms with Crippen molar-refractivity contribution in [3.05, 3.63) is 12.1 Å². The first-order chi connectivity index (χ1) is 5.25. The Bertz CT molecular complexity index is 279. The second kappa shape index (κ2) is 3.74. The highest BCUT2D eigenvalue weighted by Crippen LogP contribution is 2.16. The van der Waals surface area contributed by atoms with E-state index in [1.807, 2.05) is 0 Å². The summed E-state index contributed by atoms with van der Waals surface area (Å²) < 4.78 is 69.2. The summed E-state index contributed by atoms with van der Waals surface area (Å²) in [5.74, 6) is 0. The van der Waals surface area contributed by atoms with Gasteiger partial charge in [0.15, 0.2) is 0 Å². The molecular weight excluding hydrogens is 204 g/mol. The van der Waals surface area contributed by atoms with Crippen molar-refractivity contribution in [1.29, 1.82) is 0 Å². The van der Waals surface area contributed by atoms with Crippen LogP contribution in [-0.4, -0.2) is 13.9 Å². The molecule has 0 aromatic heterocycles. The summed E-state index contributed by atoms with van der Waals surface area (Å²) in [6, 6.07) is -2.40. The van der Waals surface area contributed by atoms with E-state index in [9.17, 15) is 25.5 Å². The maximum absolute atomic E-state index is 11.8. The molecule has 0 spiro atoms. The lowest BCUT2D eigenvalue weighted by Crippen LogP contribution is -2.15. The average Bonchev–Trinajstić information content (AvgIpc) is 1.85. The Kier molecular flexibility index (Phi) is 3.50. The first kappa shape index (κ1) is 11.2. The Morgan fingerprint density at radius 2 is 1.75 bits per heavy atom. The Morgan fingerprint density at radius 1 is 1.33 bits per heavy atom. The molecule has 0 aliphatic heterocycles. The molecule has 0 amide bonds. The molecule has 0 bridgehead atoms. The quantitative estimate of drug-likeness (QED) is 0.402. The van der Waals surface area contributed by atoms with Crippen molar-refractivity contribution >= 4 is 10.2 Å². The van der Waals surface area contributed by atoms with Gasteiger partial charge in [-0.05, 0) is 6.92 Å². The third-order valence-electron chi connectivity index (χ3n) is 0.814. The maximum atomic E-state index is 11.8. The number of hydrogen-bond acceptors (Lipinski definition) is 3. The van der Waals surface area contributed by atoms with Crippen molar-refractivity contribution in [2.75, 3.05) is 0 Å². The van der Waals surface area contributed by atoms with Crippen LogP contribution in [0.15, 0.2) is 12.1 Å². The zero-order chi connectivity index (χ0) is 9.94. The van der Waals surface area contributed by atoms with Gasteiger partial charge in [0.25, 0.3) is 0 Å². The molecule has 0 aliphatic rings. The van der Waals surface area contributed by atoms with Gasteiger partial charge in [-0.1, -0.05) is 0 Å². The van der Waals surface area contributed by atoms with E-state index in [-0.39, 0.29) is 0 Å². The van der Waals surface area contributed by atoms with Crippen molar-refractivity contribution < 1.29 is 30.2 Å². The van der Waals surface area contributed by atoms with E-state index in [1.165, 1.54) is 0 Å². The van der Waals surface area contributed by atoms with E-state index in [0.29, 0.717) is 6.92 Å². The van der Waals surface area contributed by atoms with E-state index in [0.717, 1.165) is 0 Å². The highest BCUT2D eigenvalue weighted by atomic mass is 32.3. The number of halogens is 4. The van der Waals surface area contributed by atoms with E-state index < -0.39 is 27.8 Å². The zero-order valence-corrected chi connectivity index (χ0v) is 6.54. The predicted octanol–water partition coefficient (Wildman–Crippen LogP) is 1.68. The molecule has 8 heteroatoms. The first-order valence-electron chi connectivity index (χ1n) is 2.56. The van der Waals surface area contributed by atoms with Crippen molar-refractivity contribution in [2.45, 2.75) is 12.4 Å². The van der Waals surface area contributed by atoms with Crippen molar-refractivity contribution in [1.82, 2.24) is 0 Å². The summed E-state index contributed by atoms with van der Waals surface area (Å²) in [5.41, 5.74) is -2.28. The van der Waals surface area contributed by atoms with Crippen LogP contribution in [0.25, 0.3) is 0 Å². The standard InChI is InChI=1S/C4H4F4O3S/c1-2(12(8,9)10)11-4(7)3(5)6/h2H,1H3. The largest absolute Gasteiger partial charge is 0.445 e. The monoisotopic (exact) mass is 208 g/mol. The molecule has 0 saturated heterocycles. The summed E-state index contributed by atoms with van der Waals surface area (Å²) in [5, 5.41) is 0. The molecule has 0 aromatic rings. The fourth-order valence-electron chi connectivity index (χ4n) is 0.248. The summed E-state index contributed by atoms with van der Waals surface area (Å²) in [6.45, 7) is 0.581. The second-order valence-electron chi connectivity index (χ2n) is 1.70. The first-order valence-corrected chi connectivity index (χ1v) is 4.00. The fraction of sp³-hybridized carbons (Fsp3) is 0.500. The topological polar surface area (TPSA) is 43.4 Å². The van der Waals surface area contributed by atoms with Gasteiger partial charge < -0.3 is 4.74 Å². The second-order valence-corrected chi connectivity index (χ2v) is 3.31. The van der Waals surface area contributed by atoms with Gasteiger partial charge in [-0.15, -0.1) is 3.89 Å². The van der Waals surface area contributed by atoms with Crippen LogP contribution in [-0.2, 0) is 15.0 Å². The Balaban J connectivity index is 4.42. The molecule has 0 heterocycles. The van der Waals surface area contributed by atoms with E-state index in [2.05, 4.69) is 4.74 Å². The van der Waals surface area contributed by atoms with Crippen molar-refractivity contribution in [3.63, 3.8) is 0 Å². The van der Waals surface area contributed by atoms with Crippen LogP contribution >= 0.6 is 0 Å². The van der Waals surface area contributed by atoms with Gasteiger partial charge in [0.1, 0.15) is 0 Å². The fourth-order valence-corrected chi connectivity index (χ4v) is 0.447. The van der Waals surface area contributed by atoms with Crippen LogP contribution < -0.4 is 0 Å². The lowest BCUT2D eigenvalue weighted by atomic mass is 10.8. The summed E-state index contributed by atoms with van der Waals surface area (Å²) in [7, 11) is -5.16. The van der Waals surface area contributed by atoms with Crippen LogP contribution in [0.3, 0.4) is 0 Å². The highest BCUT2D eigenvalue weighted by Gasteiger charge is 2.23. The van der Waals surface area contributed by atoms with Crippen molar-refractivity contribution in [3.8, 4) is 0 Å². The molecule has 0 aromatic carbocycles. The Hall–Kier alpha value is -0.790. The molecule has 0 aliphatic carbocycles. The van der Waals surface area contributed by atoms with Crippen LogP contribution in [0.1, 0.15) is 6.92 Å². The predicted molar refractivity (Wildman–Crippen MR) is 30.9 cm³/mol. The molecule has 12 heavy (non-hydrogen) atoms. The van der Waals surface area contributed by atoms with Gasteiger partial charge >= 0.3 is 22.3 Å². The minimum absolute atomic E-state index is 0.581. The lowest BCUT2D eigenvalue weighted by Gasteiger charge is -2.06. The third-order valence-corrected chi connectivity index (χ3v) is 1.70. The van der Waals surface area contributed by atoms with Gasteiger partial charge in [0, 0.05) is 0 Å². The van der Waals surface area contributed by atoms with Gasteiger partial charge in [-0.25, -0.2) is 0 Å². The van der Waals surface area contributed by atoms with Crippen molar-refractivity contribution in [2.24, 2.45) is 0 Å².